The minimum absolute atomic E-state index is 0.511. The smallest absolute Gasteiger partial charge is 0.0524 e. The van der Waals surface area contributed by atoms with Gasteiger partial charge in [0.2, 0.25) is 0 Å². The Bertz CT molecular complexity index is 309. The lowest BCUT2D eigenvalue weighted by molar-refractivity contribution is 0.185. The summed E-state index contributed by atoms with van der Waals surface area (Å²) in [4.78, 5) is 0. The van der Waals surface area contributed by atoms with Crippen molar-refractivity contribution in [3.8, 4) is 0 Å². The molecule has 0 aliphatic carbocycles. The number of ether oxygens (including phenoxy) is 1. The molecule has 1 rings (SSSR count). The Kier molecular flexibility index (Phi) is 5.49. The summed E-state index contributed by atoms with van der Waals surface area (Å²) in [6.07, 6.45) is 4.05. The van der Waals surface area contributed by atoms with Crippen molar-refractivity contribution in [2.45, 2.75) is 32.7 Å². The van der Waals surface area contributed by atoms with Crippen LogP contribution in [0, 0.1) is 6.92 Å². The van der Waals surface area contributed by atoms with E-state index in [4.69, 9.17) is 4.74 Å². The topological polar surface area (TPSA) is 39.1 Å². The van der Waals surface area contributed by atoms with Gasteiger partial charge in [-0.2, -0.15) is 5.10 Å². The molecule has 16 heavy (non-hydrogen) atoms. The molecule has 4 nitrogen and oxygen atoms in total. The number of hydrogen-bond acceptors (Lipinski definition) is 3. The van der Waals surface area contributed by atoms with Crippen molar-refractivity contribution in [2.75, 3.05) is 20.3 Å². The van der Waals surface area contributed by atoms with Gasteiger partial charge in [0.15, 0.2) is 0 Å². The van der Waals surface area contributed by atoms with E-state index >= 15 is 0 Å². The molecule has 1 N–H and O–H groups in total. The standard InChI is InChI=1S/C12H23N3O/c1-10(6-8-16-4)13-7-5-12-9-14-15(3)11(12)2/h9-10,13H,5-8H2,1-4H3. The van der Waals surface area contributed by atoms with Crippen LogP contribution in [-0.2, 0) is 18.2 Å². The molecule has 0 saturated heterocycles. The summed E-state index contributed by atoms with van der Waals surface area (Å²) in [5.74, 6) is 0. The molecule has 1 heterocycles. The Hall–Kier alpha value is -0.870. The van der Waals surface area contributed by atoms with E-state index in [9.17, 15) is 0 Å². The lowest BCUT2D eigenvalue weighted by Crippen LogP contribution is -2.29. The van der Waals surface area contributed by atoms with Gasteiger partial charge in [-0.05, 0) is 38.8 Å². The highest BCUT2D eigenvalue weighted by Crippen LogP contribution is 2.05. The SMILES string of the molecule is COCCC(C)NCCc1cnn(C)c1C. The summed E-state index contributed by atoms with van der Waals surface area (Å²) >= 11 is 0. The summed E-state index contributed by atoms with van der Waals surface area (Å²) < 4.78 is 6.97. The van der Waals surface area contributed by atoms with Gasteiger partial charge in [-0.25, -0.2) is 0 Å². The fourth-order valence-electron chi connectivity index (χ4n) is 1.64. The van der Waals surface area contributed by atoms with E-state index < -0.39 is 0 Å². The van der Waals surface area contributed by atoms with E-state index in [1.807, 2.05) is 17.9 Å². The van der Waals surface area contributed by atoms with Crippen LogP contribution in [0.4, 0.5) is 0 Å². The molecule has 1 atom stereocenters. The third-order valence-corrected chi connectivity index (χ3v) is 2.98. The zero-order valence-electron chi connectivity index (χ0n) is 10.8. The van der Waals surface area contributed by atoms with Gasteiger partial charge in [0.05, 0.1) is 6.20 Å². The average molecular weight is 225 g/mol. The Morgan fingerprint density at radius 3 is 2.88 bits per heavy atom. The molecule has 4 heteroatoms. The van der Waals surface area contributed by atoms with Crippen LogP contribution in [0.5, 0.6) is 0 Å². The third kappa shape index (κ3) is 3.94. The molecule has 0 aliphatic rings. The largest absolute Gasteiger partial charge is 0.385 e. The number of hydrogen-bond donors (Lipinski definition) is 1. The first-order valence-corrected chi connectivity index (χ1v) is 5.85. The van der Waals surface area contributed by atoms with Crippen LogP contribution in [0.25, 0.3) is 0 Å². The molecule has 0 aromatic carbocycles. The van der Waals surface area contributed by atoms with Crippen molar-refractivity contribution in [2.24, 2.45) is 7.05 Å². The van der Waals surface area contributed by atoms with Gasteiger partial charge in [-0.15, -0.1) is 0 Å². The fraction of sp³-hybridized carbons (Fsp3) is 0.750. The summed E-state index contributed by atoms with van der Waals surface area (Å²) in [5.41, 5.74) is 2.58. The second kappa shape index (κ2) is 6.66. The number of aryl methyl sites for hydroxylation is 1. The van der Waals surface area contributed by atoms with Gasteiger partial charge >= 0.3 is 0 Å². The number of nitrogens with zero attached hydrogens (tertiary/aromatic N) is 2. The first-order valence-electron chi connectivity index (χ1n) is 5.85. The molecular formula is C12H23N3O. The molecular weight excluding hydrogens is 202 g/mol. The van der Waals surface area contributed by atoms with Gasteiger partial charge in [0, 0.05) is 32.5 Å². The maximum Gasteiger partial charge on any atom is 0.0524 e. The normalized spacial score (nSPS) is 13.0. The molecule has 0 amide bonds. The Morgan fingerprint density at radius 2 is 2.31 bits per heavy atom. The number of nitrogens with one attached hydrogen (secondary N) is 1. The van der Waals surface area contributed by atoms with Crippen LogP contribution in [0.1, 0.15) is 24.6 Å². The molecule has 0 aliphatic heterocycles. The maximum absolute atomic E-state index is 5.05. The van der Waals surface area contributed by atoms with Crippen LogP contribution in [0.3, 0.4) is 0 Å². The monoisotopic (exact) mass is 225 g/mol. The van der Waals surface area contributed by atoms with Crippen molar-refractivity contribution < 1.29 is 4.74 Å². The fourth-order valence-corrected chi connectivity index (χ4v) is 1.64. The molecule has 1 aromatic heterocycles. The quantitative estimate of drug-likeness (QED) is 0.760. The van der Waals surface area contributed by atoms with E-state index in [0.29, 0.717) is 6.04 Å². The highest BCUT2D eigenvalue weighted by atomic mass is 16.5. The van der Waals surface area contributed by atoms with E-state index in [2.05, 4.69) is 24.3 Å². The zero-order valence-corrected chi connectivity index (χ0v) is 10.8. The second-order valence-corrected chi connectivity index (χ2v) is 4.27. The predicted octanol–water partition coefficient (Wildman–Crippen LogP) is 1.29. The minimum atomic E-state index is 0.511. The van der Waals surface area contributed by atoms with Crippen LogP contribution in [0.15, 0.2) is 6.20 Å². The average Bonchev–Trinajstić information content (AvgIpc) is 2.58. The van der Waals surface area contributed by atoms with E-state index in [-0.39, 0.29) is 0 Å². The van der Waals surface area contributed by atoms with Crippen LogP contribution < -0.4 is 5.32 Å². The predicted molar refractivity (Wildman–Crippen MR) is 65.6 cm³/mol. The summed E-state index contributed by atoms with van der Waals surface area (Å²) in [5, 5.41) is 7.72. The highest BCUT2D eigenvalue weighted by Gasteiger charge is 2.04. The molecule has 0 radical (unpaired) electrons. The van der Waals surface area contributed by atoms with Crippen LogP contribution >= 0.6 is 0 Å². The zero-order chi connectivity index (χ0) is 12.0. The van der Waals surface area contributed by atoms with Crippen molar-refractivity contribution in [3.63, 3.8) is 0 Å². The molecule has 92 valence electrons. The van der Waals surface area contributed by atoms with Crippen molar-refractivity contribution in [1.29, 1.82) is 0 Å². The maximum atomic E-state index is 5.05. The van der Waals surface area contributed by atoms with Gasteiger partial charge in [-0.1, -0.05) is 0 Å². The van der Waals surface area contributed by atoms with Gasteiger partial charge < -0.3 is 10.1 Å². The number of aromatic nitrogens is 2. The summed E-state index contributed by atoms with van der Waals surface area (Å²) in [7, 11) is 3.72. The van der Waals surface area contributed by atoms with Crippen molar-refractivity contribution in [3.05, 3.63) is 17.5 Å². The van der Waals surface area contributed by atoms with Gasteiger partial charge in [0.25, 0.3) is 0 Å². The molecule has 0 saturated carbocycles. The Balaban J connectivity index is 2.22. The van der Waals surface area contributed by atoms with E-state index in [1.54, 1.807) is 7.11 Å². The van der Waals surface area contributed by atoms with Gasteiger partial charge in [0.1, 0.15) is 0 Å². The number of rotatable bonds is 7. The molecule has 0 fully saturated rings. The van der Waals surface area contributed by atoms with Crippen LogP contribution in [-0.4, -0.2) is 36.1 Å². The van der Waals surface area contributed by atoms with Crippen LogP contribution in [0.2, 0.25) is 0 Å². The lowest BCUT2D eigenvalue weighted by Gasteiger charge is -2.12. The molecule has 1 aromatic rings. The summed E-state index contributed by atoms with van der Waals surface area (Å²) in [6.45, 7) is 6.11. The molecule has 1 unspecified atom stereocenters. The Labute approximate surface area is 98.0 Å². The minimum Gasteiger partial charge on any atom is -0.385 e. The molecule has 0 spiro atoms. The lowest BCUT2D eigenvalue weighted by atomic mass is 10.2. The van der Waals surface area contributed by atoms with E-state index in [0.717, 1.165) is 26.0 Å². The van der Waals surface area contributed by atoms with Crippen molar-refractivity contribution >= 4 is 0 Å². The first-order chi connectivity index (χ1) is 7.65. The highest BCUT2D eigenvalue weighted by molar-refractivity contribution is 5.15. The first kappa shape index (κ1) is 13.2. The van der Waals surface area contributed by atoms with Gasteiger partial charge in [-0.3, -0.25) is 4.68 Å². The van der Waals surface area contributed by atoms with Crippen molar-refractivity contribution in [1.82, 2.24) is 15.1 Å². The summed E-state index contributed by atoms with van der Waals surface area (Å²) in [6, 6.07) is 0.511. The molecule has 0 bridgehead atoms. The number of methoxy groups -OCH3 is 1. The third-order valence-electron chi connectivity index (χ3n) is 2.98. The van der Waals surface area contributed by atoms with E-state index in [1.165, 1.54) is 11.3 Å². The Morgan fingerprint density at radius 1 is 1.56 bits per heavy atom. The second-order valence-electron chi connectivity index (χ2n) is 4.27.